The summed E-state index contributed by atoms with van der Waals surface area (Å²) in [6, 6.07) is 18.9. The number of benzene rings is 3. The van der Waals surface area contributed by atoms with Crippen LogP contribution in [0.4, 0.5) is 0 Å². The highest BCUT2D eigenvalue weighted by Crippen LogP contribution is 2.40. The number of thiophene rings is 1. The monoisotopic (exact) mass is 1060 g/mol. The zero-order valence-corrected chi connectivity index (χ0v) is 44.7. The standard InChI is InChI=1S/C54H59ClN10O7S2/c1-29-31(3)74-53-45(29)46(34-16-18-36(55)19-17-34)59-40(49-62-61-32(4)65(49)53)23-43(67)58-37-20-21-63(25-37)51(70)39-10-8-9-11-42(39)72-27-44(68)60-48(54(5,6)7)52(71)64-26-38(66)22-41(64)50(69)56-24-33-12-14-35(15-13-33)47-30(2)57-28-73-47/h8-19,28,37-38,40-41,48,66H,20-27H2,1-7H3,(H,56,69)(H,58,67)(H,60,68)/t37-,38+,40?,41-,48+/m0/s1. The van der Waals surface area contributed by atoms with Gasteiger partial charge in [0.1, 0.15) is 34.7 Å². The molecule has 74 heavy (non-hydrogen) atoms. The molecule has 1 unspecified atom stereocenters. The quantitative estimate of drug-likeness (QED) is 0.0892. The van der Waals surface area contributed by atoms with Crippen molar-refractivity contribution in [3.8, 4) is 21.2 Å². The first-order valence-corrected chi connectivity index (χ1v) is 26.6. The van der Waals surface area contributed by atoms with E-state index in [0.29, 0.717) is 29.6 Å². The molecule has 3 aromatic heterocycles. The van der Waals surface area contributed by atoms with Crippen LogP contribution in [0.25, 0.3) is 15.4 Å². The number of aliphatic hydroxyl groups excluding tert-OH is 1. The van der Waals surface area contributed by atoms with E-state index < -0.39 is 54.0 Å². The van der Waals surface area contributed by atoms with Gasteiger partial charge in [0.05, 0.1) is 39.9 Å². The van der Waals surface area contributed by atoms with Crippen LogP contribution in [0, 0.1) is 33.1 Å². The summed E-state index contributed by atoms with van der Waals surface area (Å²) in [5, 5.41) is 30.1. The second-order valence-corrected chi connectivity index (χ2v) is 22.6. The van der Waals surface area contributed by atoms with Crippen LogP contribution in [-0.2, 0) is 25.7 Å². The van der Waals surface area contributed by atoms with Gasteiger partial charge in [0.15, 0.2) is 12.4 Å². The minimum Gasteiger partial charge on any atom is -0.483 e. The molecule has 0 radical (unpaired) electrons. The number of aliphatic hydroxyl groups is 1. The number of aryl methyl sites for hydroxylation is 3. The van der Waals surface area contributed by atoms with Crippen LogP contribution in [0.3, 0.4) is 0 Å². The van der Waals surface area contributed by atoms with Crippen LogP contribution >= 0.6 is 34.3 Å². The number of aliphatic imine (C=N–C) groups is 1. The Labute approximate surface area is 442 Å². The molecule has 20 heteroatoms. The Bertz CT molecular complexity index is 3140. The molecule has 5 atom stereocenters. The molecule has 0 saturated carbocycles. The number of hydrogen-bond acceptors (Lipinski definition) is 13. The summed E-state index contributed by atoms with van der Waals surface area (Å²) >= 11 is 9.48. The van der Waals surface area contributed by atoms with Crippen molar-refractivity contribution >= 4 is 69.5 Å². The Morgan fingerprint density at radius 1 is 0.919 bits per heavy atom. The molecule has 9 rings (SSSR count). The average Bonchev–Trinajstić information content (AvgIpc) is 4.22. The lowest BCUT2D eigenvalue weighted by Gasteiger charge is -2.35. The second kappa shape index (κ2) is 21.6. The average molecular weight is 1060 g/mol. The number of β-amino-alcohol motifs (C(OH)–C–C–N with tert-alkyl or cyclic N) is 1. The summed E-state index contributed by atoms with van der Waals surface area (Å²) in [5.41, 5.74) is 7.74. The molecule has 3 aliphatic rings. The molecule has 2 fully saturated rings. The predicted molar refractivity (Wildman–Crippen MR) is 284 cm³/mol. The largest absolute Gasteiger partial charge is 0.483 e. The summed E-state index contributed by atoms with van der Waals surface area (Å²) < 4.78 is 7.98. The highest BCUT2D eigenvalue weighted by molar-refractivity contribution is 7.15. The fourth-order valence-electron chi connectivity index (χ4n) is 9.72. The Morgan fingerprint density at radius 3 is 2.36 bits per heavy atom. The van der Waals surface area contributed by atoms with E-state index in [9.17, 15) is 29.1 Å². The molecule has 0 bridgehead atoms. The number of para-hydroxylation sites is 1. The molecule has 3 aliphatic heterocycles. The van der Waals surface area contributed by atoms with E-state index in [2.05, 4.69) is 45.0 Å². The van der Waals surface area contributed by atoms with Gasteiger partial charge in [-0.05, 0) is 80.5 Å². The molecular formula is C54H59ClN10O7S2. The minimum atomic E-state index is -1.08. The molecule has 4 N–H and O–H groups in total. The van der Waals surface area contributed by atoms with E-state index in [1.54, 1.807) is 78.1 Å². The van der Waals surface area contributed by atoms with Crippen molar-refractivity contribution in [3.63, 3.8) is 0 Å². The van der Waals surface area contributed by atoms with Gasteiger partial charge in [-0.1, -0.05) is 80.9 Å². The number of carbonyl (C=O) groups excluding carboxylic acids is 5. The van der Waals surface area contributed by atoms with Gasteiger partial charge >= 0.3 is 0 Å². The fourth-order valence-corrected chi connectivity index (χ4v) is 11.9. The van der Waals surface area contributed by atoms with Crippen LogP contribution in [0.2, 0.25) is 5.02 Å². The van der Waals surface area contributed by atoms with Crippen molar-refractivity contribution in [1.82, 2.24) is 45.5 Å². The smallest absolute Gasteiger partial charge is 0.258 e. The van der Waals surface area contributed by atoms with E-state index in [1.807, 2.05) is 66.9 Å². The third kappa shape index (κ3) is 11.0. The molecule has 6 heterocycles. The van der Waals surface area contributed by atoms with Gasteiger partial charge in [-0.2, -0.15) is 0 Å². The normalized spacial score (nSPS) is 18.7. The number of aromatic nitrogens is 4. The van der Waals surface area contributed by atoms with Crippen LogP contribution in [0.5, 0.6) is 5.75 Å². The van der Waals surface area contributed by atoms with E-state index in [-0.39, 0.29) is 61.6 Å². The summed E-state index contributed by atoms with van der Waals surface area (Å²) in [4.78, 5) is 84.3. The molecule has 0 spiro atoms. The molecule has 17 nitrogen and oxygen atoms in total. The topological polar surface area (TPSA) is 213 Å². The first kappa shape index (κ1) is 52.1. The first-order chi connectivity index (χ1) is 35.3. The Kier molecular flexibility index (Phi) is 15.2. The third-order valence-electron chi connectivity index (χ3n) is 13.8. The van der Waals surface area contributed by atoms with Crippen molar-refractivity contribution in [2.45, 2.75) is 105 Å². The van der Waals surface area contributed by atoms with Gasteiger partial charge < -0.3 is 35.6 Å². The number of likely N-dealkylation sites (tertiary alicyclic amines) is 2. The van der Waals surface area contributed by atoms with Crippen molar-refractivity contribution in [1.29, 1.82) is 0 Å². The van der Waals surface area contributed by atoms with Crippen molar-refractivity contribution in [2.24, 2.45) is 10.4 Å². The fraction of sp³-hybridized carbons (Fsp3) is 0.389. The maximum Gasteiger partial charge on any atom is 0.258 e. The lowest BCUT2D eigenvalue weighted by Crippen LogP contribution is -2.58. The number of carbonyl (C=O) groups is 5. The molecular weight excluding hydrogens is 1000 g/mol. The highest BCUT2D eigenvalue weighted by Gasteiger charge is 2.45. The first-order valence-electron chi connectivity index (χ1n) is 24.6. The van der Waals surface area contributed by atoms with E-state index >= 15 is 0 Å². The van der Waals surface area contributed by atoms with Gasteiger partial charge in [-0.3, -0.25) is 33.5 Å². The minimum absolute atomic E-state index is 0.00614. The van der Waals surface area contributed by atoms with E-state index in [1.165, 1.54) is 4.90 Å². The third-order valence-corrected chi connectivity index (χ3v) is 16.2. The van der Waals surface area contributed by atoms with Crippen LogP contribution in [-0.4, -0.2) is 120 Å². The highest BCUT2D eigenvalue weighted by atomic mass is 35.5. The number of thiazole rings is 1. The molecule has 6 aromatic rings. The molecule has 386 valence electrons. The van der Waals surface area contributed by atoms with Gasteiger partial charge in [0.25, 0.3) is 11.8 Å². The Morgan fingerprint density at radius 2 is 1.65 bits per heavy atom. The summed E-state index contributed by atoms with van der Waals surface area (Å²) in [5.74, 6) is -0.694. The van der Waals surface area contributed by atoms with Crippen LogP contribution in [0.1, 0.15) is 101 Å². The van der Waals surface area contributed by atoms with Crippen LogP contribution < -0.4 is 20.7 Å². The number of hydrogen-bond donors (Lipinski definition) is 4. The van der Waals surface area contributed by atoms with Gasteiger partial charge in [-0.25, -0.2) is 4.98 Å². The van der Waals surface area contributed by atoms with E-state index in [4.69, 9.17) is 21.3 Å². The van der Waals surface area contributed by atoms with Gasteiger partial charge in [-0.15, -0.1) is 32.9 Å². The lowest BCUT2D eigenvalue weighted by molar-refractivity contribution is -0.144. The molecule has 5 amide bonds. The SMILES string of the molecule is Cc1ncsc1-c1ccc(CNC(=O)[C@@H]2C[C@@H](O)CN2C(=O)[C@@H](NC(=O)COc2ccccc2C(=O)N2CC[C@H](NC(=O)CC3N=C(c4ccc(Cl)cc4)c4c(sc(C)c4C)-n4c(C)nnc43)C2)C(C)(C)C)cc1. The number of fused-ring (bicyclic) bond motifs is 3. The Balaban J connectivity index is 0.807. The Hall–Kier alpha value is -6.80. The zero-order valence-electron chi connectivity index (χ0n) is 42.3. The van der Waals surface area contributed by atoms with Gasteiger partial charge in [0.2, 0.25) is 17.7 Å². The van der Waals surface area contributed by atoms with Crippen LogP contribution in [0.15, 0.2) is 83.3 Å². The summed E-state index contributed by atoms with van der Waals surface area (Å²) in [6.45, 7) is 13.6. The maximum atomic E-state index is 14.3. The maximum absolute atomic E-state index is 14.3. The lowest BCUT2D eigenvalue weighted by atomic mass is 9.85. The predicted octanol–water partition coefficient (Wildman–Crippen LogP) is 6.84. The molecule has 3 aromatic carbocycles. The van der Waals surface area contributed by atoms with E-state index in [0.717, 1.165) is 54.0 Å². The van der Waals surface area contributed by atoms with Crippen molar-refractivity contribution in [2.75, 3.05) is 26.2 Å². The number of amides is 5. The number of nitrogens with one attached hydrogen (secondary N) is 3. The van der Waals surface area contributed by atoms with Gasteiger partial charge in [0, 0.05) is 59.7 Å². The number of nitrogens with zero attached hydrogens (tertiary/aromatic N) is 7. The summed E-state index contributed by atoms with van der Waals surface area (Å²) in [6.07, 6.45) is -0.374. The van der Waals surface area contributed by atoms with Crippen molar-refractivity contribution < 1.29 is 33.8 Å². The molecule has 2 saturated heterocycles. The van der Waals surface area contributed by atoms with Crippen molar-refractivity contribution in [3.05, 3.63) is 133 Å². The number of rotatable bonds is 14. The zero-order chi connectivity index (χ0) is 52.6. The summed E-state index contributed by atoms with van der Waals surface area (Å²) in [7, 11) is 0. The number of ether oxygens (including phenoxy) is 1. The number of halogens is 1. The molecule has 0 aliphatic carbocycles. The second-order valence-electron chi connectivity index (χ2n) is 20.1.